The van der Waals surface area contributed by atoms with Gasteiger partial charge in [0.15, 0.2) is 0 Å². The molecular weight excluding hydrogens is 144 g/mol. The molecule has 3 nitrogen and oxygen atoms in total. The number of aliphatic hydroxyl groups is 1. The number of rotatable bonds is 3. The van der Waals surface area contributed by atoms with Gasteiger partial charge in [0.2, 0.25) is 0 Å². The Bertz CT molecular complexity index is 165. The van der Waals surface area contributed by atoms with Crippen LogP contribution in [0.5, 0.6) is 0 Å². The summed E-state index contributed by atoms with van der Waals surface area (Å²) in [4.78, 5) is 11.0. The molecule has 1 rings (SSSR count). The number of carbonyl (C=O) groups is 1. The van der Waals surface area contributed by atoms with E-state index in [4.69, 9.17) is 9.84 Å². The summed E-state index contributed by atoms with van der Waals surface area (Å²) in [5.41, 5.74) is 0. The van der Waals surface area contributed by atoms with E-state index in [2.05, 4.69) is 6.58 Å². The van der Waals surface area contributed by atoms with Gasteiger partial charge < -0.3 is 9.84 Å². The maximum absolute atomic E-state index is 11.0. The van der Waals surface area contributed by atoms with Gasteiger partial charge in [-0.25, -0.2) is 0 Å². The molecule has 0 aliphatic carbocycles. The third kappa shape index (κ3) is 1.80. The molecule has 0 aromatic heterocycles. The third-order valence-electron chi connectivity index (χ3n) is 1.82. The fourth-order valence-electron chi connectivity index (χ4n) is 1.23. The molecule has 0 radical (unpaired) electrons. The Morgan fingerprint density at radius 3 is 3.00 bits per heavy atom. The number of cyclic esters (lactones) is 1. The van der Waals surface area contributed by atoms with E-state index in [1.54, 1.807) is 6.08 Å². The Balaban J connectivity index is 2.44. The molecule has 3 heteroatoms. The fraction of sp³-hybridized carbons (Fsp3) is 0.625. The van der Waals surface area contributed by atoms with Gasteiger partial charge in [-0.05, 0) is 6.42 Å². The second kappa shape index (κ2) is 3.53. The van der Waals surface area contributed by atoms with Gasteiger partial charge in [-0.1, -0.05) is 6.08 Å². The third-order valence-corrected chi connectivity index (χ3v) is 1.82. The monoisotopic (exact) mass is 156 g/mol. The molecule has 0 saturated carbocycles. The number of carbonyl (C=O) groups excluding carboxylic acids is 1. The van der Waals surface area contributed by atoms with Gasteiger partial charge in [0.1, 0.15) is 6.10 Å². The quantitative estimate of drug-likeness (QED) is 0.477. The molecule has 0 spiro atoms. The highest BCUT2D eigenvalue weighted by molar-refractivity contribution is 5.74. The van der Waals surface area contributed by atoms with Crippen LogP contribution >= 0.6 is 0 Å². The van der Waals surface area contributed by atoms with Crippen molar-refractivity contribution in [3.8, 4) is 0 Å². The van der Waals surface area contributed by atoms with E-state index < -0.39 is 0 Å². The zero-order valence-electron chi connectivity index (χ0n) is 6.32. The summed E-state index contributed by atoms with van der Waals surface area (Å²) >= 11 is 0. The summed E-state index contributed by atoms with van der Waals surface area (Å²) in [7, 11) is 0. The summed E-state index contributed by atoms with van der Waals surface area (Å²) in [6, 6.07) is 0. The lowest BCUT2D eigenvalue weighted by molar-refractivity contribution is -0.145. The van der Waals surface area contributed by atoms with Gasteiger partial charge in [-0.3, -0.25) is 4.79 Å². The Kier molecular flexibility index (Phi) is 2.65. The SMILES string of the molecule is C=CCC1CC(CO)OC1=O. The van der Waals surface area contributed by atoms with Gasteiger partial charge in [0.05, 0.1) is 12.5 Å². The van der Waals surface area contributed by atoms with Crippen molar-refractivity contribution in [2.45, 2.75) is 18.9 Å². The van der Waals surface area contributed by atoms with Gasteiger partial charge in [0.25, 0.3) is 0 Å². The lowest BCUT2D eigenvalue weighted by Crippen LogP contribution is -2.10. The average Bonchev–Trinajstić information content (AvgIpc) is 2.33. The van der Waals surface area contributed by atoms with E-state index in [0.717, 1.165) is 0 Å². The number of esters is 1. The summed E-state index contributed by atoms with van der Waals surface area (Å²) in [6.07, 6.45) is 2.69. The second-order valence-electron chi connectivity index (χ2n) is 2.70. The highest BCUT2D eigenvalue weighted by atomic mass is 16.6. The smallest absolute Gasteiger partial charge is 0.309 e. The van der Waals surface area contributed by atoms with E-state index in [-0.39, 0.29) is 24.6 Å². The van der Waals surface area contributed by atoms with E-state index >= 15 is 0 Å². The maximum Gasteiger partial charge on any atom is 0.309 e. The van der Waals surface area contributed by atoms with E-state index in [1.165, 1.54) is 0 Å². The minimum Gasteiger partial charge on any atom is -0.460 e. The van der Waals surface area contributed by atoms with Crippen LogP contribution in [0.1, 0.15) is 12.8 Å². The summed E-state index contributed by atoms with van der Waals surface area (Å²) in [6.45, 7) is 3.47. The van der Waals surface area contributed by atoms with E-state index in [1.807, 2.05) is 0 Å². The van der Waals surface area contributed by atoms with Gasteiger partial charge in [-0.2, -0.15) is 0 Å². The topological polar surface area (TPSA) is 46.5 Å². The van der Waals surface area contributed by atoms with Crippen molar-refractivity contribution >= 4 is 5.97 Å². The van der Waals surface area contributed by atoms with Crippen LogP contribution in [-0.2, 0) is 9.53 Å². The molecule has 1 saturated heterocycles. The summed E-state index contributed by atoms with van der Waals surface area (Å²) in [5.74, 6) is -0.284. The van der Waals surface area contributed by atoms with Crippen molar-refractivity contribution in [3.05, 3.63) is 12.7 Å². The normalized spacial score (nSPS) is 30.1. The average molecular weight is 156 g/mol. The Morgan fingerprint density at radius 2 is 2.55 bits per heavy atom. The van der Waals surface area contributed by atoms with Crippen LogP contribution in [-0.4, -0.2) is 23.8 Å². The van der Waals surface area contributed by atoms with Crippen molar-refractivity contribution in [1.82, 2.24) is 0 Å². The van der Waals surface area contributed by atoms with Crippen LogP contribution in [0.3, 0.4) is 0 Å². The van der Waals surface area contributed by atoms with E-state index in [9.17, 15) is 4.79 Å². The molecule has 62 valence electrons. The molecule has 1 aliphatic heterocycles. The molecule has 2 atom stereocenters. The van der Waals surface area contributed by atoms with Crippen LogP contribution in [0, 0.1) is 5.92 Å². The fourth-order valence-corrected chi connectivity index (χ4v) is 1.23. The Morgan fingerprint density at radius 1 is 1.82 bits per heavy atom. The largest absolute Gasteiger partial charge is 0.460 e. The summed E-state index contributed by atoms with van der Waals surface area (Å²) in [5, 5.41) is 8.67. The van der Waals surface area contributed by atoms with Crippen LogP contribution in [0.15, 0.2) is 12.7 Å². The molecule has 0 bridgehead atoms. The van der Waals surface area contributed by atoms with Crippen molar-refractivity contribution < 1.29 is 14.6 Å². The number of hydrogen-bond acceptors (Lipinski definition) is 3. The molecule has 0 aromatic carbocycles. The molecule has 1 heterocycles. The Hall–Kier alpha value is -0.830. The zero-order valence-corrected chi connectivity index (χ0v) is 6.32. The number of aliphatic hydroxyl groups excluding tert-OH is 1. The first kappa shape index (κ1) is 8.27. The van der Waals surface area contributed by atoms with Crippen molar-refractivity contribution in [2.75, 3.05) is 6.61 Å². The molecule has 11 heavy (non-hydrogen) atoms. The van der Waals surface area contributed by atoms with Crippen LogP contribution in [0.2, 0.25) is 0 Å². The molecule has 2 unspecified atom stereocenters. The lowest BCUT2D eigenvalue weighted by Gasteiger charge is -2.01. The number of ether oxygens (including phenoxy) is 1. The van der Waals surface area contributed by atoms with Crippen molar-refractivity contribution in [2.24, 2.45) is 5.92 Å². The van der Waals surface area contributed by atoms with Crippen molar-refractivity contribution in [1.29, 1.82) is 0 Å². The lowest BCUT2D eigenvalue weighted by atomic mass is 10.0. The predicted octanol–water partition coefficient (Wildman–Crippen LogP) is 0.486. The molecule has 0 aromatic rings. The standard InChI is InChI=1S/C8H12O3/c1-2-3-6-4-7(5-9)11-8(6)10/h2,6-7,9H,1,3-5H2. The molecule has 1 fully saturated rings. The first-order valence-electron chi connectivity index (χ1n) is 3.70. The zero-order chi connectivity index (χ0) is 8.27. The molecule has 1 N–H and O–H groups in total. The van der Waals surface area contributed by atoms with E-state index in [0.29, 0.717) is 12.8 Å². The minimum absolute atomic E-state index is 0.0701. The number of hydrogen-bond donors (Lipinski definition) is 1. The van der Waals surface area contributed by atoms with Gasteiger partial charge in [0, 0.05) is 6.42 Å². The molecular formula is C8H12O3. The predicted molar refractivity (Wildman–Crippen MR) is 39.9 cm³/mol. The highest BCUT2D eigenvalue weighted by Gasteiger charge is 2.32. The summed E-state index contributed by atoms with van der Waals surface area (Å²) < 4.78 is 4.84. The van der Waals surface area contributed by atoms with Gasteiger partial charge >= 0.3 is 5.97 Å². The van der Waals surface area contributed by atoms with Gasteiger partial charge in [-0.15, -0.1) is 6.58 Å². The highest BCUT2D eigenvalue weighted by Crippen LogP contribution is 2.23. The second-order valence-corrected chi connectivity index (χ2v) is 2.70. The number of allylic oxidation sites excluding steroid dienone is 1. The van der Waals surface area contributed by atoms with Crippen molar-refractivity contribution in [3.63, 3.8) is 0 Å². The Labute approximate surface area is 65.7 Å². The first-order chi connectivity index (χ1) is 5.27. The molecule has 0 amide bonds. The van der Waals surface area contributed by atoms with Crippen LogP contribution < -0.4 is 0 Å². The van der Waals surface area contributed by atoms with Crippen LogP contribution in [0.25, 0.3) is 0 Å². The first-order valence-corrected chi connectivity index (χ1v) is 3.70. The minimum atomic E-state index is -0.285. The maximum atomic E-state index is 11.0. The molecule has 1 aliphatic rings. The van der Waals surface area contributed by atoms with Crippen LogP contribution in [0.4, 0.5) is 0 Å².